The largest absolute Gasteiger partial charge is 0.505 e. The molecule has 0 aliphatic carbocycles. The van der Waals surface area contributed by atoms with Gasteiger partial charge in [0.05, 0.1) is 17.7 Å². The van der Waals surface area contributed by atoms with Crippen LogP contribution in [0, 0.1) is 0 Å². The van der Waals surface area contributed by atoms with E-state index < -0.39 is 23.7 Å². The number of rotatable bonds is 9. The summed E-state index contributed by atoms with van der Waals surface area (Å²) in [7, 11) is 1.24. The van der Waals surface area contributed by atoms with Gasteiger partial charge < -0.3 is 25.2 Å². The zero-order valence-electron chi connectivity index (χ0n) is 19.1. The predicted molar refractivity (Wildman–Crippen MR) is 131 cm³/mol. The normalized spacial score (nSPS) is 17.1. The molecule has 2 atom stereocenters. The van der Waals surface area contributed by atoms with Gasteiger partial charge in [-0.1, -0.05) is 53.5 Å². The number of nitrogens with zero attached hydrogens (tertiary/aromatic N) is 1. The van der Waals surface area contributed by atoms with Crippen LogP contribution in [0.1, 0.15) is 22.8 Å². The molecule has 2 aromatic rings. The molecular weight excluding hydrogens is 481 g/mol. The molecule has 1 saturated heterocycles. The van der Waals surface area contributed by atoms with E-state index in [1.54, 1.807) is 0 Å². The van der Waals surface area contributed by atoms with Crippen molar-refractivity contribution < 1.29 is 24.2 Å². The van der Waals surface area contributed by atoms with E-state index in [1.165, 1.54) is 13.2 Å². The molecule has 3 rings (SSSR count). The number of hydrogen-bond donors (Lipinski definition) is 3. The average molecular weight is 510 g/mol. The van der Waals surface area contributed by atoms with Gasteiger partial charge in [-0.25, -0.2) is 4.79 Å². The summed E-state index contributed by atoms with van der Waals surface area (Å²) >= 11 is 12.6. The van der Waals surface area contributed by atoms with Crippen molar-refractivity contribution in [1.29, 1.82) is 0 Å². The quantitative estimate of drug-likeness (QED) is 0.446. The SMILES string of the molecule is COC(=O)[C@H](Cc1ccccc1)NC(=O)c1cc(Cl)c(OCCN2CCN[C@H](C)C2)c(Cl)c1O. The van der Waals surface area contributed by atoms with Gasteiger partial charge >= 0.3 is 5.97 Å². The van der Waals surface area contributed by atoms with Crippen LogP contribution < -0.4 is 15.4 Å². The molecule has 1 fully saturated rings. The highest BCUT2D eigenvalue weighted by Gasteiger charge is 2.27. The number of phenols is 1. The molecule has 1 amide bonds. The fourth-order valence-electron chi connectivity index (χ4n) is 3.81. The Morgan fingerprint density at radius 3 is 2.71 bits per heavy atom. The fraction of sp³-hybridized carbons (Fsp3) is 0.417. The van der Waals surface area contributed by atoms with Gasteiger partial charge in [0.1, 0.15) is 17.7 Å². The molecule has 8 nitrogen and oxygen atoms in total. The summed E-state index contributed by atoms with van der Waals surface area (Å²) in [4.78, 5) is 27.4. The van der Waals surface area contributed by atoms with Crippen LogP contribution >= 0.6 is 23.2 Å². The molecule has 0 saturated carbocycles. The second kappa shape index (κ2) is 12.3. The van der Waals surface area contributed by atoms with Gasteiger partial charge in [0, 0.05) is 38.6 Å². The summed E-state index contributed by atoms with van der Waals surface area (Å²) in [5.74, 6) is -1.70. The maximum absolute atomic E-state index is 12.9. The Kier molecular flexibility index (Phi) is 9.41. The second-order valence-corrected chi connectivity index (χ2v) is 8.93. The molecular formula is C24H29Cl2N3O5. The first kappa shape index (κ1) is 26.1. The maximum Gasteiger partial charge on any atom is 0.328 e. The molecule has 34 heavy (non-hydrogen) atoms. The Hall–Kier alpha value is -2.52. The molecule has 1 aliphatic heterocycles. The number of esters is 1. The van der Waals surface area contributed by atoms with Crippen LogP contribution in [-0.4, -0.2) is 73.9 Å². The third-order valence-electron chi connectivity index (χ3n) is 5.58. The molecule has 184 valence electrons. The fourth-order valence-corrected chi connectivity index (χ4v) is 4.37. The van der Waals surface area contributed by atoms with Gasteiger partial charge in [0.2, 0.25) is 0 Å². The molecule has 3 N–H and O–H groups in total. The lowest BCUT2D eigenvalue weighted by Crippen LogP contribution is -2.50. The molecule has 1 heterocycles. The van der Waals surface area contributed by atoms with Gasteiger partial charge in [-0.05, 0) is 18.6 Å². The topological polar surface area (TPSA) is 100 Å². The Morgan fingerprint density at radius 2 is 2.03 bits per heavy atom. The van der Waals surface area contributed by atoms with Crippen molar-refractivity contribution in [2.75, 3.05) is 39.9 Å². The number of phenolic OH excluding ortho intramolecular Hbond substituents is 1. The van der Waals surface area contributed by atoms with E-state index >= 15 is 0 Å². The van der Waals surface area contributed by atoms with E-state index in [1.807, 2.05) is 30.3 Å². The standard InChI is InChI=1S/C24H29Cl2N3O5/c1-15-14-29(9-8-27-15)10-11-34-22-18(25)13-17(21(30)20(22)26)23(31)28-19(24(32)33-2)12-16-6-4-3-5-7-16/h3-7,13,15,19,27,30H,8-12,14H2,1-2H3,(H,28,31)/t15-,19+/m1/s1. The Bertz CT molecular complexity index is 1010. The van der Waals surface area contributed by atoms with Crippen molar-refractivity contribution in [2.45, 2.75) is 25.4 Å². The average Bonchev–Trinajstić information content (AvgIpc) is 2.83. The summed E-state index contributed by atoms with van der Waals surface area (Å²) < 4.78 is 10.6. The van der Waals surface area contributed by atoms with Crippen LogP contribution in [0.25, 0.3) is 0 Å². The zero-order valence-corrected chi connectivity index (χ0v) is 20.7. The number of hydrogen-bond acceptors (Lipinski definition) is 7. The number of piperazine rings is 1. The number of aromatic hydroxyl groups is 1. The Labute approximate surface area is 209 Å². The Balaban J connectivity index is 1.69. The number of halogens is 2. The number of carbonyl (C=O) groups is 2. The lowest BCUT2D eigenvalue weighted by Gasteiger charge is -2.31. The van der Waals surface area contributed by atoms with Gasteiger partial charge in [-0.2, -0.15) is 0 Å². The smallest absolute Gasteiger partial charge is 0.328 e. The van der Waals surface area contributed by atoms with Crippen molar-refractivity contribution in [2.24, 2.45) is 0 Å². The van der Waals surface area contributed by atoms with E-state index in [0.717, 1.165) is 25.2 Å². The van der Waals surface area contributed by atoms with Crippen molar-refractivity contribution in [1.82, 2.24) is 15.5 Å². The summed E-state index contributed by atoms with van der Waals surface area (Å²) in [5, 5.41) is 16.5. The number of amides is 1. The highest BCUT2D eigenvalue weighted by molar-refractivity contribution is 6.39. The maximum atomic E-state index is 12.9. The molecule has 0 spiro atoms. The number of benzene rings is 2. The highest BCUT2D eigenvalue weighted by atomic mass is 35.5. The first-order valence-electron chi connectivity index (χ1n) is 11.0. The van der Waals surface area contributed by atoms with Gasteiger partial charge in [-0.15, -0.1) is 0 Å². The second-order valence-electron chi connectivity index (χ2n) is 8.14. The molecule has 0 radical (unpaired) electrons. The van der Waals surface area contributed by atoms with Crippen LogP contribution in [0.15, 0.2) is 36.4 Å². The third-order valence-corrected chi connectivity index (χ3v) is 6.21. The molecule has 10 heteroatoms. The van der Waals surface area contributed by atoms with Gasteiger partial charge in [-0.3, -0.25) is 9.69 Å². The lowest BCUT2D eigenvalue weighted by molar-refractivity contribution is -0.142. The van der Waals surface area contributed by atoms with Crippen molar-refractivity contribution in [3.05, 3.63) is 57.6 Å². The van der Waals surface area contributed by atoms with E-state index in [0.29, 0.717) is 19.2 Å². The monoisotopic (exact) mass is 509 g/mol. The summed E-state index contributed by atoms with van der Waals surface area (Å²) in [6.07, 6.45) is 0.216. The zero-order chi connectivity index (χ0) is 24.7. The summed E-state index contributed by atoms with van der Waals surface area (Å²) in [6.45, 7) is 5.82. The van der Waals surface area contributed by atoms with Crippen LogP contribution in [0.2, 0.25) is 10.0 Å². The minimum atomic E-state index is -0.964. The van der Waals surface area contributed by atoms with Crippen molar-refractivity contribution in [3.8, 4) is 11.5 Å². The van der Waals surface area contributed by atoms with E-state index in [2.05, 4.69) is 22.5 Å². The minimum Gasteiger partial charge on any atom is -0.505 e. The van der Waals surface area contributed by atoms with Gasteiger partial charge in [0.25, 0.3) is 5.91 Å². The predicted octanol–water partition coefficient (Wildman–Crippen LogP) is 2.89. The molecule has 0 bridgehead atoms. The first-order chi connectivity index (χ1) is 16.3. The molecule has 0 unspecified atom stereocenters. The molecule has 2 aromatic carbocycles. The Morgan fingerprint density at radius 1 is 1.29 bits per heavy atom. The van der Waals surface area contributed by atoms with Crippen LogP contribution in [0.5, 0.6) is 11.5 Å². The van der Waals surface area contributed by atoms with E-state index in [-0.39, 0.29) is 27.8 Å². The number of methoxy groups -OCH3 is 1. The van der Waals surface area contributed by atoms with Crippen molar-refractivity contribution in [3.63, 3.8) is 0 Å². The first-order valence-corrected chi connectivity index (χ1v) is 11.8. The third kappa shape index (κ3) is 6.76. The van der Waals surface area contributed by atoms with Gasteiger partial charge in [0.15, 0.2) is 11.5 Å². The van der Waals surface area contributed by atoms with Crippen LogP contribution in [0.4, 0.5) is 0 Å². The van der Waals surface area contributed by atoms with Crippen molar-refractivity contribution >= 4 is 35.1 Å². The van der Waals surface area contributed by atoms with Crippen LogP contribution in [-0.2, 0) is 16.0 Å². The molecule has 0 aromatic heterocycles. The minimum absolute atomic E-state index is 0.0827. The lowest BCUT2D eigenvalue weighted by atomic mass is 10.1. The molecule has 1 aliphatic rings. The van der Waals surface area contributed by atoms with E-state index in [4.69, 9.17) is 32.7 Å². The number of carbonyl (C=O) groups excluding carboxylic acids is 2. The highest BCUT2D eigenvalue weighted by Crippen LogP contribution is 2.42. The number of nitrogens with one attached hydrogen (secondary N) is 2. The summed E-state index contributed by atoms with van der Waals surface area (Å²) in [5.41, 5.74) is 0.668. The van der Waals surface area contributed by atoms with E-state index in [9.17, 15) is 14.7 Å². The number of ether oxygens (including phenoxy) is 2. The van der Waals surface area contributed by atoms with Crippen LogP contribution in [0.3, 0.4) is 0 Å². The summed E-state index contributed by atoms with van der Waals surface area (Å²) in [6, 6.07) is 9.90.